The fraction of sp³-hybridized carbons (Fsp3) is 0.119. The molecule has 1 nitrogen and oxygen atoms in total. The van der Waals surface area contributed by atoms with Crippen LogP contribution in [0.1, 0.15) is 72.2 Å². The van der Waals surface area contributed by atoms with Gasteiger partial charge in [-0.1, -0.05) is 204 Å². The molecule has 0 bridgehead atoms. The van der Waals surface area contributed by atoms with E-state index in [1.807, 2.05) is 0 Å². The van der Waals surface area contributed by atoms with Crippen LogP contribution in [0.25, 0.3) is 44.2 Å². The van der Waals surface area contributed by atoms with Crippen LogP contribution in [0.3, 0.4) is 0 Å². The molecule has 0 saturated carbocycles. The molecule has 3 aliphatic carbocycles. The van der Waals surface area contributed by atoms with Gasteiger partial charge in [0, 0.05) is 22.1 Å². The Bertz CT molecular complexity index is 3160. The highest BCUT2D eigenvalue weighted by Gasteiger charge is 2.47. The normalized spacial score (nSPS) is 15.4. The van der Waals surface area contributed by atoms with Crippen LogP contribution < -0.4 is 4.90 Å². The summed E-state index contributed by atoms with van der Waals surface area (Å²) >= 11 is 0. The average Bonchev–Trinajstić information content (AvgIpc) is 3.83. The third kappa shape index (κ3) is 4.53. The molecule has 0 fully saturated rings. The van der Waals surface area contributed by atoms with E-state index in [0.29, 0.717) is 0 Å². The van der Waals surface area contributed by atoms with Crippen molar-refractivity contribution in [3.05, 3.63) is 245 Å². The van der Waals surface area contributed by atoms with Crippen molar-refractivity contribution in [2.24, 2.45) is 0 Å². The van der Waals surface area contributed by atoms with Gasteiger partial charge in [-0.05, 0) is 107 Å². The van der Waals surface area contributed by atoms with Crippen molar-refractivity contribution in [1.82, 2.24) is 0 Å². The lowest BCUT2D eigenvalue weighted by Crippen LogP contribution is -2.28. The largest absolute Gasteiger partial charge is 0.310 e. The Morgan fingerprint density at radius 2 is 0.833 bits per heavy atom. The van der Waals surface area contributed by atoms with Gasteiger partial charge in [-0.3, -0.25) is 0 Å². The second-order valence-electron chi connectivity index (χ2n) is 18.0. The van der Waals surface area contributed by atoms with Crippen molar-refractivity contribution >= 4 is 27.8 Å². The molecule has 9 aromatic rings. The first-order valence-corrected chi connectivity index (χ1v) is 21.4. The van der Waals surface area contributed by atoms with Gasteiger partial charge < -0.3 is 4.90 Å². The first-order valence-electron chi connectivity index (χ1n) is 21.4. The maximum atomic E-state index is 2.60. The van der Waals surface area contributed by atoms with Gasteiger partial charge in [0.25, 0.3) is 0 Å². The van der Waals surface area contributed by atoms with Crippen LogP contribution >= 0.6 is 0 Å². The second-order valence-corrected chi connectivity index (χ2v) is 18.0. The van der Waals surface area contributed by atoms with Gasteiger partial charge in [0.15, 0.2) is 0 Å². The topological polar surface area (TPSA) is 3.24 Å². The van der Waals surface area contributed by atoms with Crippen molar-refractivity contribution in [3.63, 3.8) is 0 Å². The summed E-state index contributed by atoms with van der Waals surface area (Å²) in [5.41, 5.74) is 21.3. The van der Waals surface area contributed by atoms with Crippen LogP contribution in [-0.2, 0) is 16.2 Å². The number of hydrogen-bond donors (Lipinski definition) is 0. The third-order valence-electron chi connectivity index (χ3n) is 14.3. The summed E-state index contributed by atoms with van der Waals surface area (Å²) < 4.78 is 0. The van der Waals surface area contributed by atoms with E-state index in [1.165, 1.54) is 100 Å². The van der Waals surface area contributed by atoms with Crippen molar-refractivity contribution in [2.45, 2.75) is 43.9 Å². The Hall–Kier alpha value is -6.96. The van der Waals surface area contributed by atoms with Crippen LogP contribution in [0.2, 0.25) is 0 Å². The van der Waals surface area contributed by atoms with E-state index in [2.05, 4.69) is 233 Å². The zero-order valence-corrected chi connectivity index (χ0v) is 34.5. The van der Waals surface area contributed by atoms with E-state index in [0.717, 1.165) is 5.69 Å². The summed E-state index contributed by atoms with van der Waals surface area (Å²) in [5, 5.41) is 2.58. The molecular weight excluding hydrogens is 723 g/mol. The van der Waals surface area contributed by atoms with Crippen LogP contribution in [0.4, 0.5) is 17.1 Å². The predicted molar refractivity (Wildman–Crippen MR) is 251 cm³/mol. The molecule has 12 rings (SSSR count). The SMILES string of the molecule is CC1(C)c2ccccc2-c2cccc(N(c3ccc(C4(c5ccccc5)c5ccccc5-c5ccccc54)cc3)c3cc4ccccc4c4c3-c3ccccc3C4(C)C)c21. The highest BCUT2D eigenvalue weighted by Crippen LogP contribution is 2.60. The van der Waals surface area contributed by atoms with E-state index >= 15 is 0 Å². The molecular formula is C59H45N. The third-order valence-corrected chi connectivity index (χ3v) is 14.3. The highest BCUT2D eigenvalue weighted by molar-refractivity contribution is 6.06. The maximum absolute atomic E-state index is 2.60. The Labute approximate surface area is 353 Å². The molecule has 0 radical (unpaired) electrons. The van der Waals surface area contributed by atoms with Gasteiger partial charge in [0.05, 0.1) is 16.8 Å². The molecule has 0 N–H and O–H groups in total. The molecule has 0 saturated heterocycles. The number of rotatable bonds is 5. The van der Waals surface area contributed by atoms with Gasteiger partial charge in [-0.2, -0.15) is 0 Å². The number of anilines is 3. The van der Waals surface area contributed by atoms with E-state index < -0.39 is 5.41 Å². The van der Waals surface area contributed by atoms with Crippen LogP contribution in [0, 0.1) is 0 Å². The number of benzene rings is 9. The minimum Gasteiger partial charge on any atom is -0.310 e. The molecule has 9 aromatic carbocycles. The smallest absolute Gasteiger partial charge is 0.0713 e. The average molecular weight is 768 g/mol. The molecule has 0 aliphatic heterocycles. The quantitative estimate of drug-likeness (QED) is 0.169. The van der Waals surface area contributed by atoms with Crippen LogP contribution in [-0.4, -0.2) is 0 Å². The highest BCUT2D eigenvalue weighted by atomic mass is 15.2. The standard InChI is InChI=1S/C59H45N/c1-57(2)48-28-14-10-25-45(48)46-27-18-32-52(55(46)57)60(53-37-38-19-8-9-22-42(38)56-54(53)47-26-13-15-29-49(47)58(56,3)4)41-35-33-40(34-36-41)59(39-20-6-5-7-21-39)50-30-16-11-23-43(50)44-24-12-17-31-51(44)59/h5-37H,1-4H3. The molecule has 286 valence electrons. The molecule has 0 amide bonds. The maximum Gasteiger partial charge on any atom is 0.0713 e. The molecule has 3 aliphatic rings. The second kappa shape index (κ2) is 12.5. The molecule has 1 heteroatoms. The van der Waals surface area contributed by atoms with Crippen molar-refractivity contribution in [2.75, 3.05) is 4.90 Å². The summed E-state index contributed by atoms with van der Waals surface area (Å²) in [5.74, 6) is 0. The number of nitrogens with zero attached hydrogens (tertiary/aromatic N) is 1. The molecule has 0 aromatic heterocycles. The Kier molecular flexibility index (Phi) is 7.31. The number of fused-ring (bicyclic) bond motifs is 11. The van der Waals surface area contributed by atoms with Crippen molar-refractivity contribution in [3.8, 4) is 33.4 Å². The summed E-state index contributed by atoms with van der Waals surface area (Å²) in [6.07, 6.45) is 0. The van der Waals surface area contributed by atoms with Gasteiger partial charge in [0.2, 0.25) is 0 Å². The van der Waals surface area contributed by atoms with Crippen LogP contribution in [0.15, 0.2) is 200 Å². The summed E-state index contributed by atoms with van der Waals surface area (Å²) in [4.78, 5) is 2.60. The van der Waals surface area contributed by atoms with Crippen molar-refractivity contribution < 1.29 is 0 Å². The summed E-state index contributed by atoms with van der Waals surface area (Å²) in [6.45, 7) is 9.63. The minimum atomic E-state index is -0.470. The van der Waals surface area contributed by atoms with E-state index in [1.54, 1.807) is 0 Å². The lowest BCUT2D eigenvalue weighted by atomic mass is 9.67. The minimum absolute atomic E-state index is 0.184. The zero-order valence-electron chi connectivity index (χ0n) is 34.5. The Morgan fingerprint density at radius 1 is 0.350 bits per heavy atom. The lowest BCUT2D eigenvalue weighted by Gasteiger charge is -2.36. The van der Waals surface area contributed by atoms with E-state index in [9.17, 15) is 0 Å². The van der Waals surface area contributed by atoms with Crippen LogP contribution in [0.5, 0.6) is 0 Å². The summed E-state index contributed by atoms with van der Waals surface area (Å²) in [7, 11) is 0. The molecule has 60 heavy (non-hydrogen) atoms. The van der Waals surface area contributed by atoms with E-state index in [4.69, 9.17) is 0 Å². The molecule has 0 unspecified atom stereocenters. The van der Waals surface area contributed by atoms with Gasteiger partial charge in [-0.15, -0.1) is 0 Å². The Morgan fingerprint density at radius 3 is 1.50 bits per heavy atom. The zero-order chi connectivity index (χ0) is 40.4. The van der Waals surface area contributed by atoms with Crippen molar-refractivity contribution in [1.29, 1.82) is 0 Å². The Balaban J connectivity index is 1.16. The fourth-order valence-electron chi connectivity index (χ4n) is 11.8. The van der Waals surface area contributed by atoms with Gasteiger partial charge in [0.1, 0.15) is 0 Å². The fourth-order valence-corrected chi connectivity index (χ4v) is 11.8. The molecule has 0 spiro atoms. The summed E-state index contributed by atoms with van der Waals surface area (Å²) in [6, 6.07) is 75.3. The lowest BCUT2D eigenvalue weighted by molar-refractivity contribution is 0.660. The van der Waals surface area contributed by atoms with Gasteiger partial charge >= 0.3 is 0 Å². The predicted octanol–water partition coefficient (Wildman–Crippen LogP) is 15.3. The monoisotopic (exact) mass is 767 g/mol. The molecule has 0 atom stereocenters. The first kappa shape index (κ1) is 35.0. The first-order chi connectivity index (χ1) is 29.3. The number of hydrogen-bond acceptors (Lipinski definition) is 1. The van der Waals surface area contributed by atoms with Gasteiger partial charge in [-0.25, -0.2) is 0 Å². The molecule has 0 heterocycles. The van der Waals surface area contributed by atoms with E-state index in [-0.39, 0.29) is 10.8 Å².